The predicted molar refractivity (Wildman–Crippen MR) is 68.8 cm³/mol. The summed E-state index contributed by atoms with van der Waals surface area (Å²) in [5.74, 6) is -0.302. The second-order valence-corrected chi connectivity index (χ2v) is 4.92. The van der Waals surface area contributed by atoms with Crippen molar-refractivity contribution < 1.29 is 14.6 Å². The lowest BCUT2D eigenvalue weighted by molar-refractivity contribution is -0.138. The molecule has 4 heteroatoms. The normalized spacial score (nSPS) is 16.3. The Labute approximate surface area is 107 Å². The van der Waals surface area contributed by atoms with Gasteiger partial charge in [-0.1, -0.05) is 17.7 Å². The number of hydrogen-bond acceptors (Lipinski definition) is 3. The van der Waals surface area contributed by atoms with Crippen LogP contribution in [0.4, 0.5) is 0 Å². The van der Waals surface area contributed by atoms with Gasteiger partial charge in [-0.3, -0.25) is 4.79 Å². The van der Waals surface area contributed by atoms with Crippen LogP contribution in [0, 0.1) is 12.8 Å². The summed E-state index contributed by atoms with van der Waals surface area (Å²) in [5.41, 5.74) is 7.26. The number of nitrogens with two attached hydrogens (primary N) is 1. The first kappa shape index (κ1) is 12.9. The van der Waals surface area contributed by atoms with Gasteiger partial charge in [0, 0.05) is 12.1 Å². The molecular weight excluding hydrogens is 230 g/mol. The second kappa shape index (κ2) is 5.40. The Bertz CT molecular complexity index is 441. The lowest BCUT2D eigenvalue weighted by Gasteiger charge is -2.16. The fourth-order valence-electron chi connectivity index (χ4n) is 1.92. The molecule has 1 atom stereocenters. The van der Waals surface area contributed by atoms with Gasteiger partial charge in [-0.05, 0) is 31.7 Å². The van der Waals surface area contributed by atoms with Crippen molar-refractivity contribution in [3.05, 3.63) is 29.3 Å². The smallest absolute Gasteiger partial charge is 0.312 e. The molecule has 1 aromatic rings. The van der Waals surface area contributed by atoms with E-state index < -0.39 is 11.9 Å². The lowest BCUT2D eigenvalue weighted by atomic mass is 9.96. The Balaban J connectivity index is 2.22. The van der Waals surface area contributed by atoms with Gasteiger partial charge in [0.2, 0.25) is 0 Å². The van der Waals surface area contributed by atoms with Crippen molar-refractivity contribution >= 4 is 5.97 Å². The monoisotopic (exact) mass is 249 g/mol. The number of ether oxygens (including phenoxy) is 1. The Hall–Kier alpha value is -1.55. The van der Waals surface area contributed by atoms with Crippen LogP contribution < -0.4 is 10.5 Å². The maximum absolute atomic E-state index is 11.2. The molecule has 98 valence electrons. The molecule has 0 aliphatic heterocycles. The summed E-state index contributed by atoms with van der Waals surface area (Å²) < 4.78 is 5.73. The zero-order chi connectivity index (χ0) is 13.1. The van der Waals surface area contributed by atoms with Crippen molar-refractivity contribution in [1.29, 1.82) is 0 Å². The summed E-state index contributed by atoms with van der Waals surface area (Å²) in [6.45, 7) is 2.69. The molecule has 2 rings (SSSR count). The number of aliphatic carboxylic acids is 1. The summed E-state index contributed by atoms with van der Waals surface area (Å²) >= 11 is 0. The fraction of sp³-hybridized carbons (Fsp3) is 0.500. The average molecular weight is 249 g/mol. The third-order valence-corrected chi connectivity index (χ3v) is 3.25. The highest BCUT2D eigenvalue weighted by Gasteiger charge is 2.25. The lowest BCUT2D eigenvalue weighted by Crippen LogP contribution is -2.22. The van der Waals surface area contributed by atoms with Gasteiger partial charge in [-0.2, -0.15) is 0 Å². The summed E-state index contributed by atoms with van der Waals surface area (Å²) in [4.78, 5) is 11.2. The van der Waals surface area contributed by atoms with E-state index in [0.717, 1.165) is 5.56 Å². The fourth-order valence-corrected chi connectivity index (χ4v) is 1.92. The number of benzene rings is 1. The molecule has 0 bridgehead atoms. The van der Waals surface area contributed by atoms with Gasteiger partial charge in [0.25, 0.3) is 0 Å². The van der Waals surface area contributed by atoms with Crippen LogP contribution in [0.5, 0.6) is 5.75 Å². The van der Waals surface area contributed by atoms with Gasteiger partial charge in [-0.15, -0.1) is 0 Å². The Morgan fingerprint density at radius 3 is 2.83 bits per heavy atom. The highest BCUT2D eigenvalue weighted by atomic mass is 16.5. The van der Waals surface area contributed by atoms with E-state index in [4.69, 9.17) is 10.5 Å². The van der Waals surface area contributed by atoms with Crippen LogP contribution in [-0.2, 0) is 4.79 Å². The van der Waals surface area contributed by atoms with Crippen molar-refractivity contribution in [2.24, 2.45) is 11.7 Å². The minimum atomic E-state index is -0.903. The molecule has 1 saturated carbocycles. The maximum atomic E-state index is 11.2. The molecule has 0 saturated heterocycles. The first-order valence-corrected chi connectivity index (χ1v) is 6.28. The highest BCUT2D eigenvalue weighted by molar-refractivity contribution is 5.77. The van der Waals surface area contributed by atoms with Crippen molar-refractivity contribution in [1.82, 2.24) is 0 Å². The van der Waals surface area contributed by atoms with E-state index in [0.29, 0.717) is 23.8 Å². The molecule has 1 aromatic carbocycles. The molecule has 1 aliphatic carbocycles. The number of rotatable bonds is 6. The number of carbonyl (C=O) groups is 1. The molecule has 0 aromatic heterocycles. The zero-order valence-corrected chi connectivity index (χ0v) is 10.6. The van der Waals surface area contributed by atoms with Crippen LogP contribution in [0.2, 0.25) is 0 Å². The molecule has 18 heavy (non-hydrogen) atoms. The van der Waals surface area contributed by atoms with Crippen molar-refractivity contribution in [2.75, 3.05) is 13.2 Å². The number of carboxylic acid groups (broad SMARTS) is 1. The largest absolute Gasteiger partial charge is 0.493 e. The Morgan fingerprint density at radius 2 is 2.28 bits per heavy atom. The SMILES string of the molecule is Cc1ccc(OCC2CC2)c(C(CN)C(=O)O)c1. The minimum Gasteiger partial charge on any atom is -0.493 e. The zero-order valence-electron chi connectivity index (χ0n) is 10.6. The molecule has 0 heterocycles. The number of aryl methyl sites for hydroxylation is 1. The summed E-state index contributed by atoms with van der Waals surface area (Å²) in [5, 5.41) is 9.20. The third-order valence-electron chi connectivity index (χ3n) is 3.25. The summed E-state index contributed by atoms with van der Waals surface area (Å²) in [6, 6.07) is 5.63. The van der Waals surface area contributed by atoms with E-state index in [-0.39, 0.29) is 6.54 Å². The molecule has 1 aliphatic rings. The molecule has 0 spiro atoms. The highest BCUT2D eigenvalue weighted by Crippen LogP contribution is 2.32. The first-order chi connectivity index (χ1) is 8.61. The molecule has 1 unspecified atom stereocenters. The van der Waals surface area contributed by atoms with Crippen LogP contribution in [-0.4, -0.2) is 24.2 Å². The third kappa shape index (κ3) is 3.01. The quantitative estimate of drug-likeness (QED) is 0.807. The Morgan fingerprint density at radius 1 is 1.56 bits per heavy atom. The van der Waals surface area contributed by atoms with Crippen molar-refractivity contribution in [2.45, 2.75) is 25.7 Å². The van der Waals surface area contributed by atoms with Gasteiger partial charge in [0.05, 0.1) is 12.5 Å². The standard InChI is InChI=1S/C14H19NO3/c1-9-2-5-13(18-8-10-3-4-10)11(6-9)12(7-15)14(16)17/h2,5-6,10,12H,3-4,7-8,15H2,1H3,(H,16,17). The van der Waals surface area contributed by atoms with Crippen molar-refractivity contribution in [3.63, 3.8) is 0 Å². The van der Waals surface area contributed by atoms with Gasteiger partial charge in [0.15, 0.2) is 0 Å². The van der Waals surface area contributed by atoms with E-state index in [1.807, 2.05) is 25.1 Å². The summed E-state index contributed by atoms with van der Waals surface area (Å²) in [7, 11) is 0. The van der Waals surface area contributed by atoms with Crippen molar-refractivity contribution in [3.8, 4) is 5.75 Å². The topological polar surface area (TPSA) is 72.5 Å². The van der Waals surface area contributed by atoms with Gasteiger partial charge < -0.3 is 15.6 Å². The second-order valence-electron chi connectivity index (χ2n) is 4.92. The van der Waals surface area contributed by atoms with Crippen LogP contribution in [0.25, 0.3) is 0 Å². The average Bonchev–Trinajstić information content (AvgIpc) is 3.12. The van der Waals surface area contributed by atoms with Crippen LogP contribution in [0.15, 0.2) is 18.2 Å². The van der Waals surface area contributed by atoms with Gasteiger partial charge >= 0.3 is 5.97 Å². The molecule has 1 fully saturated rings. The predicted octanol–water partition coefficient (Wildman–Crippen LogP) is 1.91. The molecule has 4 nitrogen and oxygen atoms in total. The van der Waals surface area contributed by atoms with Gasteiger partial charge in [-0.25, -0.2) is 0 Å². The molecule has 3 N–H and O–H groups in total. The maximum Gasteiger partial charge on any atom is 0.312 e. The molecule has 0 radical (unpaired) electrons. The van der Waals surface area contributed by atoms with Crippen LogP contribution in [0.3, 0.4) is 0 Å². The van der Waals surface area contributed by atoms with Crippen LogP contribution >= 0.6 is 0 Å². The first-order valence-electron chi connectivity index (χ1n) is 6.28. The van der Waals surface area contributed by atoms with Gasteiger partial charge in [0.1, 0.15) is 5.75 Å². The van der Waals surface area contributed by atoms with Crippen LogP contribution in [0.1, 0.15) is 29.9 Å². The van der Waals surface area contributed by atoms with E-state index in [1.165, 1.54) is 12.8 Å². The molecular formula is C14H19NO3. The number of carboxylic acids is 1. The minimum absolute atomic E-state index is 0.0819. The Kier molecular flexibility index (Phi) is 3.87. The van der Waals surface area contributed by atoms with E-state index in [9.17, 15) is 9.90 Å². The molecule has 0 amide bonds. The van der Waals surface area contributed by atoms with E-state index >= 15 is 0 Å². The number of hydrogen-bond donors (Lipinski definition) is 2. The van der Waals surface area contributed by atoms with E-state index in [1.54, 1.807) is 0 Å². The van der Waals surface area contributed by atoms with E-state index in [2.05, 4.69) is 0 Å². The summed E-state index contributed by atoms with van der Waals surface area (Å²) in [6.07, 6.45) is 2.42.